The van der Waals surface area contributed by atoms with E-state index in [4.69, 9.17) is 4.74 Å². The third-order valence-corrected chi connectivity index (χ3v) is 5.34. The molecule has 8 heteroatoms. The number of rotatable bonds is 6. The first kappa shape index (κ1) is 19.2. The number of carbonyl (C=O) groups is 1. The maximum atomic E-state index is 12.4. The monoisotopic (exact) mass is 414 g/mol. The van der Waals surface area contributed by atoms with E-state index in [2.05, 4.69) is 20.3 Å². The predicted molar refractivity (Wildman–Crippen MR) is 114 cm³/mol. The van der Waals surface area contributed by atoms with Crippen LogP contribution < -0.4 is 4.74 Å². The molecule has 0 unspecified atom stereocenters. The summed E-state index contributed by atoms with van der Waals surface area (Å²) in [5.74, 6) is 1.35. The van der Waals surface area contributed by atoms with Crippen LogP contribution in [0.4, 0.5) is 0 Å². The van der Waals surface area contributed by atoms with E-state index in [9.17, 15) is 4.79 Å². The average molecular weight is 414 g/mol. The highest BCUT2D eigenvalue weighted by molar-refractivity contribution is 5.78. The standard InChI is InChI=1S/C23H22N6O2/c30-23(28-12-4-5-13-28)15-18-14-19(10-11-24-18)31-16-22-26-25-21-9-8-20(27-29(21)22)17-6-2-1-3-7-17/h1-3,6-11,14H,4-5,12-13,15-16H2. The Morgan fingerprint density at radius 3 is 2.68 bits per heavy atom. The summed E-state index contributed by atoms with van der Waals surface area (Å²) in [7, 11) is 0. The van der Waals surface area contributed by atoms with Crippen molar-refractivity contribution < 1.29 is 9.53 Å². The summed E-state index contributed by atoms with van der Waals surface area (Å²) < 4.78 is 7.62. The molecule has 4 heterocycles. The van der Waals surface area contributed by atoms with Gasteiger partial charge in [0.25, 0.3) is 0 Å². The first-order chi connectivity index (χ1) is 15.3. The minimum Gasteiger partial charge on any atom is -0.485 e. The average Bonchev–Trinajstić information content (AvgIpc) is 3.49. The molecule has 1 aliphatic heterocycles. The summed E-state index contributed by atoms with van der Waals surface area (Å²) in [6.45, 7) is 1.88. The van der Waals surface area contributed by atoms with Gasteiger partial charge in [0, 0.05) is 30.9 Å². The van der Waals surface area contributed by atoms with Crippen molar-refractivity contribution in [3.8, 4) is 17.0 Å². The number of ether oxygens (including phenoxy) is 1. The van der Waals surface area contributed by atoms with E-state index in [1.54, 1.807) is 22.8 Å². The lowest BCUT2D eigenvalue weighted by atomic mass is 10.1. The van der Waals surface area contributed by atoms with E-state index in [0.717, 1.165) is 37.2 Å². The molecule has 156 valence electrons. The van der Waals surface area contributed by atoms with Crippen molar-refractivity contribution in [2.24, 2.45) is 0 Å². The third kappa shape index (κ3) is 4.23. The topological polar surface area (TPSA) is 85.5 Å². The fourth-order valence-corrected chi connectivity index (χ4v) is 3.71. The normalized spacial score (nSPS) is 13.6. The van der Waals surface area contributed by atoms with Gasteiger partial charge < -0.3 is 9.64 Å². The van der Waals surface area contributed by atoms with Gasteiger partial charge in [-0.25, -0.2) is 0 Å². The van der Waals surface area contributed by atoms with Crippen molar-refractivity contribution >= 4 is 11.6 Å². The molecule has 0 radical (unpaired) electrons. The quantitative estimate of drug-likeness (QED) is 0.482. The second-order valence-electron chi connectivity index (χ2n) is 7.51. The lowest BCUT2D eigenvalue weighted by Crippen LogP contribution is -2.29. The molecule has 0 bridgehead atoms. The Hall–Kier alpha value is -3.81. The van der Waals surface area contributed by atoms with Crippen LogP contribution in [0.2, 0.25) is 0 Å². The van der Waals surface area contributed by atoms with Crippen LogP contribution in [-0.4, -0.2) is 48.7 Å². The Labute approximate surface area is 179 Å². The first-order valence-electron chi connectivity index (χ1n) is 10.4. The van der Waals surface area contributed by atoms with Crippen LogP contribution in [0.15, 0.2) is 60.8 Å². The molecule has 1 aromatic carbocycles. The molecule has 3 aromatic heterocycles. The molecule has 1 saturated heterocycles. The summed E-state index contributed by atoms with van der Waals surface area (Å²) in [5, 5.41) is 13.1. The Kier molecular flexibility index (Phi) is 5.26. The molecule has 4 aromatic rings. The smallest absolute Gasteiger partial charge is 0.228 e. The molecular formula is C23H22N6O2. The molecule has 8 nitrogen and oxygen atoms in total. The molecule has 0 N–H and O–H groups in total. The number of hydrogen-bond donors (Lipinski definition) is 0. The Bertz CT molecular complexity index is 1200. The van der Waals surface area contributed by atoms with Gasteiger partial charge in [-0.05, 0) is 31.0 Å². The Morgan fingerprint density at radius 2 is 1.84 bits per heavy atom. The van der Waals surface area contributed by atoms with Gasteiger partial charge in [-0.1, -0.05) is 30.3 Å². The minimum atomic E-state index is 0.114. The van der Waals surface area contributed by atoms with Crippen molar-refractivity contribution in [1.82, 2.24) is 29.7 Å². The number of carbonyl (C=O) groups excluding carboxylic acids is 1. The predicted octanol–water partition coefficient (Wildman–Crippen LogP) is 2.93. The fourth-order valence-electron chi connectivity index (χ4n) is 3.71. The van der Waals surface area contributed by atoms with Crippen LogP contribution in [0.3, 0.4) is 0 Å². The van der Waals surface area contributed by atoms with E-state index in [1.165, 1.54) is 0 Å². The molecule has 1 aliphatic rings. The van der Waals surface area contributed by atoms with Gasteiger partial charge in [0.05, 0.1) is 17.8 Å². The van der Waals surface area contributed by atoms with E-state index < -0.39 is 0 Å². The van der Waals surface area contributed by atoms with Crippen LogP contribution in [0.25, 0.3) is 16.9 Å². The second kappa shape index (κ2) is 8.51. The molecule has 0 spiro atoms. The zero-order valence-corrected chi connectivity index (χ0v) is 17.0. The zero-order valence-electron chi connectivity index (χ0n) is 17.0. The first-order valence-corrected chi connectivity index (χ1v) is 10.4. The number of amides is 1. The van der Waals surface area contributed by atoms with Gasteiger partial charge in [0.15, 0.2) is 11.5 Å². The number of aromatic nitrogens is 5. The highest BCUT2D eigenvalue weighted by Gasteiger charge is 2.18. The van der Waals surface area contributed by atoms with Crippen molar-refractivity contribution in [1.29, 1.82) is 0 Å². The molecular weight excluding hydrogens is 392 g/mol. The maximum Gasteiger partial charge on any atom is 0.228 e. The number of benzene rings is 1. The summed E-state index contributed by atoms with van der Waals surface area (Å²) in [6, 6.07) is 17.3. The Morgan fingerprint density at radius 1 is 1.00 bits per heavy atom. The lowest BCUT2D eigenvalue weighted by Gasteiger charge is -2.15. The second-order valence-corrected chi connectivity index (χ2v) is 7.51. The number of pyridine rings is 1. The summed E-state index contributed by atoms with van der Waals surface area (Å²) >= 11 is 0. The van der Waals surface area contributed by atoms with Gasteiger partial charge in [0.1, 0.15) is 12.4 Å². The Balaban J connectivity index is 1.30. The number of hydrogen-bond acceptors (Lipinski definition) is 6. The lowest BCUT2D eigenvalue weighted by molar-refractivity contribution is -0.129. The number of likely N-dealkylation sites (tertiary alicyclic amines) is 1. The fraction of sp³-hybridized carbons (Fsp3) is 0.261. The van der Waals surface area contributed by atoms with Crippen molar-refractivity contribution in [2.45, 2.75) is 25.9 Å². The van der Waals surface area contributed by atoms with Crippen LogP contribution >= 0.6 is 0 Å². The molecule has 1 fully saturated rings. The third-order valence-electron chi connectivity index (χ3n) is 5.34. The summed E-state index contributed by atoms with van der Waals surface area (Å²) in [5.41, 5.74) is 3.21. The summed E-state index contributed by atoms with van der Waals surface area (Å²) in [6.07, 6.45) is 4.10. The van der Waals surface area contributed by atoms with E-state index in [-0.39, 0.29) is 18.9 Å². The van der Waals surface area contributed by atoms with Gasteiger partial charge in [-0.2, -0.15) is 9.61 Å². The van der Waals surface area contributed by atoms with Crippen molar-refractivity contribution in [3.63, 3.8) is 0 Å². The maximum absolute atomic E-state index is 12.4. The van der Waals surface area contributed by atoms with Crippen LogP contribution in [-0.2, 0) is 17.8 Å². The van der Waals surface area contributed by atoms with Crippen molar-refractivity contribution in [2.75, 3.05) is 13.1 Å². The molecule has 5 rings (SSSR count). The molecule has 1 amide bonds. The van der Waals surface area contributed by atoms with Crippen LogP contribution in [0, 0.1) is 0 Å². The van der Waals surface area contributed by atoms with Gasteiger partial charge in [-0.15, -0.1) is 10.2 Å². The van der Waals surface area contributed by atoms with E-state index >= 15 is 0 Å². The zero-order chi connectivity index (χ0) is 21.0. The molecule has 0 saturated carbocycles. The minimum absolute atomic E-state index is 0.114. The van der Waals surface area contributed by atoms with E-state index in [0.29, 0.717) is 22.9 Å². The number of fused-ring (bicyclic) bond motifs is 1. The highest BCUT2D eigenvalue weighted by Crippen LogP contribution is 2.18. The van der Waals surface area contributed by atoms with Crippen LogP contribution in [0.1, 0.15) is 24.4 Å². The van der Waals surface area contributed by atoms with Crippen molar-refractivity contribution in [3.05, 3.63) is 72.3 Å². The van der Waals surface area contributed by atoms with Gasteiger partial charge in [0.2, 0.25) is 5.91 Å². The van der Waals surface area contributed by atoms with E-state index in [1.807, 2.05) is 47.4 Å². The SMILES string of the molecule is O=C(Cc1cc(OCc2nnc3ccc(-c4ccccc4)nn23)ccn1)N1CCCC1. The summed E-state index contributed by atoms with van der Waals surface area (Å²) in [4.78, 5) is 18.6. The van der Waals surface area contributed by atoms with Gasteiger partial charge >= 0.3 is 0 Å². The molecule has 0 aliphatic carbocycles. The highest BCUT2D eigenvalue weighted by atomic mass is 16.5. The molecule has 0 atom stereocenters. The molecule has 31 heavy (non-hydrogen) atoms. The largest absolute Gasteiger partial charge is 0.485 e. The van der Waals surface area contributed by atoms with Gasteiger partial charge in [-0.3, -0.25) is 9.78 Å². The number of nitrogens with zero attached hydrogens (tertiary/aromatic N) is 6. The van der Waals surface area contributed by atoms with Crippen LogP contribution in [0.5, 0.6) is 5.75 Å².